The number of benzene rings is 1. The summed E-state index contributed by atoms with van der Waals surface area (Å²) in [7, 11) is 0. The molecule has 0 aliphatic carbocycles. The maximum absolute atomic E-state index is 12.5. The van der Waals surface area contributed by atoms with E-state index in [1.54, 1.807) is 4.90 Å². The molecule has 4 nitrogen and oxygen atoms in total. The predicted octanol–water partition coefficient (Wildman–Crippen LogP) is 1.29. The van der Waals surface area contributed by atoms with Crippen molar-refractivity contribution in [3.63, 3.8) is 0 Å². The quantitative estimate of drug-likeness (QED) is 0.739. The standard InChI is InChI=1S/C14H20N2O2S/c1-2-8-16(9-10-17)14(18)12(13(15)19)11-6-4-3-5-7-11/h3-7,12,17H,2,8-10H2,1H3,(H2,15,19). The summed E-state index contributed by atoms with van der Waals surface area (Å²) < 4.78 is 0. The first-order chi connectivity index (χ1) is 9.11. The zero-order valence-corrected chi connectivity index (χ0v) is 11.9. The van der Waals surface area contributed by atoms with E-state index < -0.39 is 5.92 Å². The lowest BCUT2D eigenvalue weighted by Gasteiger charge is -2.26. The highest BCUT2D eigenvalue weighted by atomic mass is 32.1. The van der Waals surface area contributed by atoms with Crippen LogP contribution in [0.2, 0.25) is 0 Å². The Labute approximate surface area is 119 Å². The first kappa shape index (κ1) is 15.6. The summed E-state index contributed by atoms with van der Waals surface area (Å²) in [5.74, 6) is -0.760. The second-order valence-electron chi connectivity index (χ2n) is 4.29. The molecule has 0 saturated heterocycles. The second kappa shape index (κ2) is 7.86. The molecule has 0 aliphatic rings. The van der Waals surface area contributed by atoms with Crippen molar-refractivity contribution >= 4 is 23.1 Å². The van der Waals surface area contributed by atoms with E-state index in [1.165, 1.54) is 0 Å². The lowest BCUT2D eigenvalue weighted by molar-refractivity contribution is -0.131. The van der Waals surface area contributed by atoms with E-state index in [4.69, 9.17) is 23.1 Å². The fraction of sp³-hybridized carbons (Fsp3) is 0.429. The van der Waals surface area contributed by atoms with Gasteiger partial charge in [0.25, 0.3) is 0 Å². The second-order valence-corrected chi connectivity index (χ2v) is 4.77. The van der Waals surface area contributed by atoms with Crippen molar-refractivity contribution in [1.29, 1.82) is 0 Å². The molecule has 0 fully saturated rings. The zero-order valence-electron chi connectivity index (χ0n) is 11.1. The molecular formula is C14H20N2O2S. The highest BCUT2D eigenvalue weighted by molar-refractivity contribution is 7.80. The molecule has 0 bridgehead atoms. The third-order valence-corrected chi connectivity index (χ3v) is 3.08. The van der Waals surface area contributed by atoms with Gasteiger partial charge in [-0.1, -0.05) is 49.5 Å². The van der Waals surface area contributed by atoms with E-state index in [0.29, 0.717) is 13.1 Å². The Morgan fingerprint density at radius 2 is 2.00 bits per heavy atom. The molecule has 0 radical (unpaired) electrons. The first-order valence-electron chi connectivity index (χ1n) is 6.35. The van der Waals surface area contributed by atoms with Crippen molar-refractivity contribution in [3.8, 4) is 0 Å². The minimum Gasteiger partial charge on any atom is -0.395 e. The molecular weight excluding hydrogens is 260 g/mol. The lowest BCUT2D eigenvalue weighted by atomic mass is 9.97. The molecule has 0 saturated carbocycles. The average molecular weight is 280 g/mol. The number of aliphatic hydroxyl groups is 1. The monoisotopic (exact) mass is 280 g/mol. The maximum atomic E-state index is 12.5. The number of nitrogens with zero attached hydrogens (tertiary/aromatic N) is 1. The molecule has 0 heterocycles. The number of thiocarbonyl (C=S) groups is 1. The van der Waals surface area contributed by atoms with E-state index in [9.17, 15) is 4.79 Å². The van der Waals surface area contributed by atoms with Gasteiger partial charge in [-0.25, -0.2) is 0 Å². The van der Waals surface area contributed by atoms with Crippen molar-refractivity contribution in [2.24, 2.45) is 5.73 Å². The summed E-state index contributed by atoms with van der Waals surface area (Å²) in [5.41, 5.74) is 6.51. The number of amides is 1. The summed E-state index contributed by atoms with van der Waals surface area (Å²) in [6, 6.07) is 9.26. The molecule has 0 aliphatic heterocycles. The minimum atomic E-state index is -0.616. The van der Waals surface area contributed by atoms with Crippen LogP contribution in [0.1, 0.15) is 24.8 Å². The van der Waals surface area contributed by atoms with Crippen molar-refractivity contribution in [3.05, 3.63) is 35.9 Å². The van der Waals surface area contributed by atoms with Crippen LogP contribution in [-0.2, 0) is 4.79 Å². The van der Waals surface area contributed by atoms with Crippen molar-refractivity contribution in [2.75, 3.05) is 19.7 Å². The van der Waals surface area contributed by atoms with E-state index in [0.717, 1.165) is 12.0 Å². The summed E-state index contributed by atoms with van der Waals surface area (Å²) in [4.78, 5) is 14.3. The highest BCUT2D eigenvalue weighted by Crippen LogP contribution is 2.19. The van der Waals surface area contributed by atoms with Crippen LogP contribution in [-0.4, -0.2) is 40.6 Å². The van der Waals surface area contributed by atoms with Gasteiger partial charge in [-0.3, -0.25) is 4.79 Å². The molecule has 1 amide bonds. The average Bonchev–Trinajstić information content (AvgIpc) is 2.39. The number of rotatable bonds is 7. The SMILES string of the molecule is CCCN(CCO)C(=O)C(C(N)=S)c1ccccc1. The summed E-state index contributed by atoms with van der Waals surface area (Å²) in [6.07, 6.45) is 0.824. The van der Waals surface area contributed by atoms with Crippen molar-refractivity contribution < 1.29 is 9.90 Å². The van der Waals surface area contributed by atoms with E-state index in [-0.39, 0.29) is 17.5 Å². The summed E-state index contributed by atoms with van der Waals surface area (Å²) in [5, 5.41) is 9.05. The number of hydrogen-bond acceptors (Lipinski definition) is 3. The van der Waals surface area contributed by atoms with Crippen LogP contribution in [0.3, 0.4) is 0 Å². The molecule has 0 spiro atoms. The van der Waals surface area contributed by atoms with Crippen LogP contribution in [0.25, 0.3) is 0 Å². The van der Waals surface area contributed by atoms with Gasteiger partial charge in [0, 0.05) is 13.1 Å². The molecule has 0 aromatic heterocycles. The number of carbonyl (C=O) groups is 1. The Morgan fingerprint density at radius 1 is 1.37 bits per heavy atom. The maximum Gasteiger partial charge on any atom is 0.237 e. The Balaban J connectivity index is 2.98. The van der Waals surface area contributed by atoms with Gasteiger partial charge in [0.05, 0.1) is 11.6 Å². The smallest absolute Gasteiger partial charge is 0.237 e. The van der Waals surface area contributed by atoms with Crippen LogP contribution in [0.5, 0.6) is 0 Å². The Bertz CT molecular complexity index is 417. The molecule has 1 rings (SSSR count). The van der Waals surface area contributed by atoms with Crippen LogP contribution >= 0.6 is 12.2 Å². The molecule has 5 heteroatoms. The normalized spacial score (nSPS) is 11.9. The number of carbonyl (C=O) groups excluding carboxylic acids is 1. The van der Waals surface area contributed by atoms with Gasteiger partial charge in [-0.05, 0) is 12.0 Å². The van der Waals surface area contributed by atoms with Crippen LogP contribution in [0.4, 0.5) is 0 Å². The van der Waals surface area contributed by atoms with Crippen LogP contribution in [0.15, 0.2) is 30.3 Å². The Morgan fingerprint density at radius 3 is 2.47 bits per heavy atom. The first-order valence-corrected chi connectivity index (χ1v) is 6.76. The number of aliphatic hydroxyl groups excluding tert-OH is 1. The van der Waals surface area contributed by atoms with E-state index in [1.807, 2.05) is 37.3 Å². The largest absolute Gasteiger partial charge is 0.395 e. The van der Waals surface area contributed by atoms with Gasteiger partial charge >= 0.3 is 0 Å². The van der Waals surface area contributed by atoms with Crippen molar-refractivity contribution in [1.82, 2.24) is 4.90 Å². The Kier molecular flexibility index (Phi) is 6.45. The van der Waals surface area contributed by atoms with Crippen molar-refractivity contribution in [2.45, 2.75) is 19.3 Å². The molecule has 1 unspecified atom stereocenters. The molecule has 1 atom stereocenters. The van der Waals surface area contributed by atoms with Crippen LogP contribution < -0.4 is 5.73 Å². The molecule has 19 heavy (non-hydrogen) atoms. The predicted molar refractivity (Wildman–Crippen MR) is 79.9 cm³/mol. The molecule has 1 aromatic carbocycles. The fourth-order valence-corrected chi connectivity index (χ4v) is 2.22. The minimum absolute atomic E-state index is 0.0649. The summed E-state index contributed by atoms with van der Waals surface area (Å²) in [6.45, 7) is 2.81. The number of hydrogen-bond donors (Lipinski definition) is 2. The van der Waals surface area contributed by atoms with Gasteiger partial charge in [0.1, 0.15) is 5.92 Å². The fourth-order valence-electron chi connectivity index (χ4n) is 1.98. The van der Waals surface area contributed by atoms with Gasteiger partial charge in [0.15, 0.2) is 0 Å². The van der Waals surface area contributed by atoms with E-state index >= 15 is 0 Å². The third-order valence-electron chi connectivity index (χ3n) is 2.84. The van der Waals surface area contributed by atoms with Gasteiger partial charge in [0.2, 0.25) is 5.91 Å². The van der Waals surface area contributed by atoms with E-state index in [2.05, 4.69) is 0 Å². The lowest BCUT2D eigenvalue weighted by Crippen LogP contribution is -2.41. The summed E-state index contributed by atoms with van der Waals surface area (Å²) >= 11 is 5.03. The molecule has 3 N–H and O–H groups in total. The molecule has 1 aromatic rings. The topological polar surface area (TPSA) is 66.6 Å². The number of nitrogens with two attached hydrogens (primary N) is 1. The zero-order chi connectivity index (χ0) is 14.3. The molecule has 104 valence electrons. The van der Waals surface area contributed by atoms with Gasteiger partial charge in [-0.15, -0.1) is 0 Å². The van der Waals surface area contributed by atoms with Gasteiger partial charge < -0.3 is 15.7 Å². The third kappa shape index (κ3) is 4.29. The van der Waals surface area contributed by atoms with Gasteiger partial charge in [-0.2, -0.15) is 0 Å². The highest BCUT2D eigenvalue weighted by Gasteiger charge is 2.27. The Hall–Kier alpha value is -1.46. The van der Waals surface area contributed by atoms with Crippen LogP contribution in [0, 0.1) is 0 Å².